The number of carbonyl (C=O) groups excluding carboxylic acids is 3. The first-order valence-corrected chi connectivity index (χ1v) is 17.2. The molecule has 2 aromatic heterocycles. The normalized spacial score (nSPS) is 14.7. The molecule has 0 radical (unpaired) electrons. The van der Waals surface area contributed by atoms with E-state index < -0.39 is 11.8 Å². The number of amides is 3. The molecule has 0 spiro atoms. The molecule has 1 fully saturated rings. The van der Waals surface area contributed by atoms with Crippen LogP contribution < -0.4 is 15.1 Å². The summed E-state index contributed by atoms with van der Waals surface area (Å²) in [6.07, 6.45) is 5.59. The van der Waals surface area contributed by atoms with Crippen molar-refractivity contribution in [1.82, 2.24) is 4.57 Å². The maximum absolute atomic E-state index is 14.1. The highest BCUT2D eigenvalue weighted by Gasteiger charge is 2.41. The molecule has 0 saturated carbocycles. The molecule has 0 bridgehead atoms. The van der Waals surface area contributed by atoms with Gasteiger partial charge in [-0.2, -0.15) is 0 Å². The van der Waals surface area contributed by atoms with E-state index in [1.165, 1.54) is 14.7 Å². The summed E-state index contributed by atoms with van der Waals surface area (Å²) in [6.45, 7) is 5.97. The number of benzene rings is 3. The van der Waals surface area contributed by atoms with Gasteiger partial charge >= 0.3 is 0 Å². The summed E-state index contributed by atoms with van der Waals surface area (Å²) in [7, 11) is 0. The van der Waals surface area contributed by atoms with Crippen LogP contribution in [0.3, 0.4) is 0 Å². The molecule has 240 valence electrons. The lowest BCUT2D eigenvalue weighted by atomic mass is 9.95. The van der Waals surface area contributed by atoms with E-state index in [1.54, 1.807) is 41.7 Å². The average molecular weight is 671 g/mol. The third-order valence-electron chi connectivity index (χ3n) is 8.94. The van der Waals surface area contributed by atoms with Gasteiger partial charge in [0.2, 0.25) is 0 Å². The summed E-state index contributed by atoms with van der Waals surface area (Å²) in [5.41, 5.74) is 7.26. The molecule has 1 aliphatic heterocycles. The molecule has 7 nitrogen and oxygen atoms in total. The highest BCUT2D eigenvalue weighted by molar-refractivity contribution is 7.81. The van der Waals surface area contributed by atoms with Crippen LogP contribution in [0.2, 0.25) is 0 Å². The van der Waals surface area contributed by atoms with Crippen LogP contribution in [-0.2, 0) is 22.4 Å². The number of rotatable bonds is 6. The number of thiocarbonyl (C=S) groups is 1. The summed E-state index contributed by atoms with van der Waals surface area (Å²) >= 11 is 7.43. The minimum absolute atomic E-state index is 0.000585. The average Bonchev–Trinajstić information content (AvgIpc) is 3.60. The van der Waals surface area contributed by atoms with E-state index in [-0.39, 0.29) is 16.6 Å². The van der Waals surface area contributed by atoms with Gasteiger partial charge in [-0.3, -0.25) is 24.2 Å². The zero-order valence-electron chi connectivity index (χ0n) is 26.9. The standard InChI is InChI=1S/C39H34N4O3S2/c1-24-18-20-28(21-19-24)40-35(44)34-31-16-10-11-17-33(31)48-38(34)41-25(2)22-27(26(41)3)23-32-36(45)42(29-12-6-4-7-13-29)39(47)43(37(32)46)30-14-8-5-9-15-30/h4-9,12-15,18-23H,10-11,16-17H2,1-3H3,(H,40,44). The maximum Gasteiger partial charge on any atom is 0.270 e. The fraction of sp³-hybridized carbons (Fsp3) is 0.179. The number of nitrogens with one attached hydrogen (secondary N) is 1. The van der Waals surface area contributed by atoms with E-state index in [4.69, 9.17) is 12.2 Å². The number of hydrogen-bond donors (Lipinski definition) is 1. The Labute approximate surface area is 289 Å². The summed E-state index contributed by atoms with van der Waals surface area (Å²) in [4.78, 5) is 46.3. The van der Waals surface area contributed by atoms with Crippen molar-refractivity contribution in [3.8, 4) is 5.00 Å². The van der Waals surface area contributed by atoms with Crippen LogP contribution in [0.4, 0.5) is 17.1 Å². The van der Waals surface area contributed by atoms with Gasteiger partial charge in [-0.15, -0.1) is 11.3 Å². The van der Waals surface area contributed by atoms with Crippen molar-refractivity contribution in [2.45, 2.75) is 46.5 Å². The van der Waals surface area contributed by atoms with Gasteiger partial charge in [0, 0.05) is 22.0 Å². The maximum atomic E-state index is 14.1. The Morgan fingerprint density at radius 1 is 0.812 bits per heavy atom. The molecule has 3 amide bonds. The van der Waals surface area contributed by atoms with Gasteiger partial charge in [-0.1, -0.05) is 54.1 Å². The van der Waals surface area contributed by atoms with Crippen molar-refractivity contribution in [2.75, 3.05) is 15.1 Å². The molecule has 1 aliphatic carbocycles. The summed E-state index contributed by atoms with van der Waals surface area (Å²) in [6, 6.07) is 28.0. The topological polar surface area (TPSA) is 74.7 Å². The SMILES string of the molecule is Cc1ccc(NC(=O)c2c(-n3c(C)cc(C=C4C(=O)N(c5ccccc5)C(=S)N(c5ccccc5)C4=O)c3C)sc3c2CCCC3)cc1. The number of hydrogen-bond acceptors (Lipinski definition) is 5. The molecule has 1 N–H and O–H groups in total. The van der Waals surface area contributed by atoms with Crippen molar-refractivity contribution in [3.63, 3.8) is 0 Å². The highest BCUT2D eigenvalue weighted by atomic mass is 32.1. The Bertz CT molecular complexity index is 2050. The van der Waals surface area contributed by atoms with Crippen molar-refractivity contribution in [2.24, 2.45) is 0 Å². The van der Waals surface area contributed by atoms with Crippen molar-refractivity contribution in [3.05, 3.63) is 135 Å². The van der Waals surface area contributed by atoms with Gasteiger partial charge in [0.1, 0.15) is 10.6 Å². The van der Waals surface area contributed by atoms with Gasteiger partial charge in [0.15, 0.2) is 5.11 Å². The molecule has 2 aliphatic rings. The van der Waals surface area contributed by atoms with Crippen molar-refractivity contribution >= 4 is 69.5 Å². The summed E-state index contributed by atoms with van der Waals surface area (Å²) < 4.78 is 2.09. The third kappa shape index (κ3) is 5.59. The molecule has 1 saturated heterocycles. The largest absolute Gasteiger partial charge is 0.322 e. The first-order chi connectivity index (χ1) is 23.2. The summed E-state index contributed by atoms with van der Waals surface area (Å²) in [5, 5.41) is 4.08. The van der Waals surface area contributed by atoms with Crippen LogP contribution in [0, 0.1) is 20.8 Å². The molecular weight excluding hydrogens is 637 g/mol. The summed E-state index contributed by atoms with van der Waals surface area (Å²) in [5.74, 6) is -1.11. The Morgan fingerprint density at radius 3 is 2.00 bits per heavy atom. The number of carbonyl (C=O) groups is 3. The fourth-order valence-corrected chi connectivity index (χ4v) is 8.39. The third-order valence-corrected chi connectivity index (χ3v) is 10.6. The molecule has 5 aromatic rings. The fourth-order valence-electron chi connectivity index (χ4n) is 6.51. The Morgan fingerprint density at radius 2 is 1.40 bits per heavy atom. The lowest BCUT2D eigenvalue weighted by molar-refractivity contribution is -0.120. The second-order valence-corrected chi connectivity index (χ2v) is 13.6. The quantitative estimate of drug-likeness (QED) is 0.112. The van der Waals surface area contributed by atoms with E-state index in [0.29, 0.717) is 22.5 Å². The molecule has 3 heterocycles. The predicted octanol–water partition coefficient (Wildman–Crippen LogP) is 8.34. The first kappa shape index (κ1) is 31.5. The van der Waals surface area contributed by atoms with Crippen LogP contribution >= 0.6 is 23.6 Å². The van der Waals surface area contributed by atoms with Crippen molar-refractivity contribution in [1.29, 1.82) is 0 Å². The molecule has 9 heteroatoms. The van der Waals surface area contributed by atoms with Crippen LogP contribution in [0.1, 0.15) is 56.2 Å². The van der Waals surface area contributed by atoms with Gasteiger partial charge in [0.25, 0.3) is 17.7 Å². The molecule has 0 atom stereocenters. The number of aromatic nitrogens is 1. The number of para-hydroxylation sites is 2. The van der Waals surface area contributed by atoms with Gasteiger partial charge in [0.05, 0.1) is 16.9 Å². The number of thiophene rings is 1. The van der Waals surface area contributed by atoms with Gasteiger partial charge in [-0.25, -0.2) is 0 Å². The van der Waals surface area contributed by atoms with Crippen molar-refractivity contribution < 1.29 is 14.4 Å². The van der Waals surface area contributed by atoms with E-state index in [1.807, 2.05) is 87.5 Å². The smallest absolute Gasteiger partial charge is 0.270 e. The Hall–Kier alpha value is -5.12. The molecule has 0 unspecified atom stereocenters. The molecule has 7 rings (SSSR count). The monoisotopic (exact) mass is 670 g/mol. The van der Waals surface area contributed by atoms with E-state index in [0.717, 1.165) is 58.9 Å². The van der Waals surface area contributed by atoms with E-state index in [2.05, 4.69) is 9.88 Å². The molecule has 3 aromatic carbocycles. The number of anilines is 3. The highest BCUT2D eigenvalue weighted by Crippen LogP contribution is 2.40. The predicted molar refractivity (Wildman–Crippen MR) is 197 cm³/mol. The van der Waals surface area contributed by atoms with Gasteiger partial charge < -0.3 is 9.88 Å². The van der Waals surface area contributed by atoms with Gasteiger partial charge in [-0.05, 0) is 118 Å². The zero-order chi connectivity index (χ0) is 33.5. The van der Waals surface area contributed by atoms with Crippen LogP contribution in [0.15, 0.2) is 96.6 Å². The molecular formula is C39H34N4O3S2. The van der Waals surface area contributed by atoms with E-state index >= 15 is 0 Å². The minimum atomic E-state index is -0.488. The number of nitrogens with zero attached hydrogens (tertiary/aromatic N) is 3. The molecule has 48 heavy (non-hydrogen) atoms. The lowest BCUT2D eigenvalue weighted by Gasteiger charge is -2.36. The lowest BCUT2D eigenvalue weighted by Crippen LogP contribution is -2.56. The van der Waals surface area contributed by atoms with Crippen LogP contribution in [-0.4, -0.2) is 27.4 Å². The number of aryl methyl sites for hydroxylation is 3. The second-order valence-electron chi connectivity index (χ2n) is 12.2. The Balaban J connectivity index is 1.33. The first-order valence-electron chi connectivity index (χ1n) is 16.0. The number of fused-ring (bicyclic) bond motifs is 1. The Kier molecular flexibility index (Phi) is 8.41. The zero-order valence-corrected chi connectivity index (χ0v) is 28.6. The minimum Gasteiger partial charge on any atom is -0.322 e. The second kappa shape index (κ2) is 12.8. The van der Waals surface area contributed by atoms with Crippen LogP contribution in [0.5, 0.6) is 0 Å². The van der Waals surface area contributed by atoms with E-state index in [9.17, 15) is 14.4 Å². The van der Waals surface area contributed by atoms with Crippen LogP contribution in [0.25, 0.3) is 11.1 Å².